The van der Waals surface area contributed by atoms with E-state index in [-0.39, 0.29) is 0 Å². The molecule has 0 spiro atoms. The Hall–Kier alpha value is -1.48. The number of nitrogens with two attached hydrogens (primary N) is 1. The third kappa shape index (κ3) is 1.10. The molecule has 0 radical (unpaired) electrons. The van der Waals surface area contributed by atoms with Crippen molar-refractivity contribution in [3.05, 3.63) is 30.0 Å². The number of aromatic nitrogens is 1. The quantitative estimate of drug-likeness (QED) is 0.759. The van der Waals surface area contributed by atoms with Gasteiger partial charge in [0.2, 0.25) is 0 Å². The minimum absolute atomic E-state index is 0.622. The summed E-state index contributed by atoms with van der Waals surface area (Å²) in [4.78, 5) is 2.31. The molecule has 1 aliphatic heterocycles. The molecule has 3 rings (SSSR count). The minimum Gasteiger partial charge on any atom is -0.371 e. The molecule has 0 saturated carbocycles. The predicted molar refractivity (Wildman–Crippen MR) is 63.1 cm³/mol. The van der Waals surface area contributed by atoms with Crippen LogP contribution in [0.1, 0.15) is 5.56 Å². The van der Waals surface area contributed by atoms with E-state index < -0.39 is 0 Å². The lowest BCUT2D eigenvalue weighted by atomic mass is 10.1. The predicted octanol–water partition coefficient (Wildman–Crippen LogP) is 1.55. The van der Waals surface area contributed by atoms with E-state index in [1.54, 1.807) is 0 Å². The van der Waals surface area contributed by atoms with Crippen molar-refractivity contribution in [3.63, 3.8) is 0 Å². The Kier molecular flexibility index (Phi) is 1.76. The molecule has 0 atom stereocenters. The molecule has 15 heavy (non-hydrogen) atoms. The monoisotopic (exact) mass is 201 g/mol. The highest BCUT2D eigenvalue weighted by molar-refractivity contribution is 5.95. The van der Waals surface area contributed by atoms with E-state index in [0.717, 1.165) is 13.1 Å². The maximum absolute atomic E-state index is 5.76. The summed E-state index contributed by atoms with van der Waals surface area (Å²) in [5.74, 6) is 0. The van der Waals surface area contributed by atoms with E-state index in [2.05, 4.69) is 40.9 Å². The molecule has 0 saturated heterocycles. The van der Waals surface area contributed by atoms with E-state index in [1.165, 1.54) is 22.2 Å². The number of anilines is 1. The second kappa shape index (κ2) is 3.00. The minimum atomic E-state index is 0.622. The Morgan fingerprint density at radius 2 is 2.20 bits per heavy atom. The molecule has 1 aromatic carbocycles. The van der Waals surface area contributed by atoms with Crippen molar-refractivity contribution in [2.45, 2.75) is 13.1 Å². The Morgan fingerprint density at radius 1 is 1.33 bits per heavy atom. The van der Waals surface area contributed by atoms with Crippen molar-refractivity contribution in [1.82, 2.24) is 4.57 Å². The fraction of sp³-hybridized carbons (Fsp3) is 0.333. The molecule has 3 nitrogen and oxygen atoms in total. The maximum Gasteiger partial charge on any atom is 0.0721 e. The first kappa shape index (κ1) is 8.80. The first-order valence-electron chi connectivity index (χ1n) is 5.33. The van der Waals surface area contributed by atoms with E-state index in [9.17, 15) is 0 Å². The van der Waals surface area contributed by atoms with Gasteiger partial charge >= 0.3 is 0 Å². The van der Waals surface area contributed by atoms with Crippen LogP contribution < -0.4 is 10.6 Å². The number of benzene rings is 1. The second-order valence-corrected chi connectivity index (χ2v) is 4.15. The summed E-state index contributed by atoms with van der Waals surface area (Å²) in [6.07, 6.45) is 2.20. The van der Waals surface area contributed by atoms with Crippen LogP contribution in [0.3, 0.4) is 0 Å². The van der Waals surface area contributed by atoms with Gasteiger partial charge in [-0.1, -0.05) is 12.1 Å². The van der Waals surface area contributed by atoms with Crippen molar-refractivity contribution >= 4 is 16.6 Å². The van der Waals surface area contributed by atoms with Gasteiger partial charge in [0.1, 0.15) is 0 Å². The van der Waals surface area contributed by atoms with Crippen LogP contribution in [0.2, 0.25) is 0 Å². The van der Waals surface area contributed by atoms with Gasteiger partial charge in [0, 0.05) is 38.3 Å². The molecule has 3 heteroatoms. The van der Waals surface area contributed by atoms with Crippen LogP contribution in [-0.4, -0.2) is 18.2 Å². The van der Waals surface area contributed by atoms with E-state index >= 15 is 0 Å². The van der Waals surface area contributed by atoms with Gasteiger partial charge in [-0.2, -0.15) is 0 Å². The maximum atomic E-state index is 5.76. The number of nitrogens with zero attached hydrogens (tertiary/aromatic N) is 2. The molecule has 0 unspecified atom stereocenters. The fourth-order valence-electron chi connectivity index (χ4n) is 2.44. The Bertz CT molecular complexity index is 513. The standard InChI is InChI=1S/C12H15N3/c1-14-5-6-15-8-9(7-13)10-3-2-4-11(14)12(10)15/h2-4,8H,5-7,13H2,1H3. The van der Waals surface area contributed by atoms with Crippen molar-refractivity contribution < 1.29 is 0 Å². The first-order valence-corrected chi connectivity index (χ1v) is 5.33. The molecule has 0 fully saturated rings. The zero-order chi connectivity index (χ0) is 10.4. The summed E-state index contributed by atoms with van der Waals surface area (Å²) in [6, 6.07) is 6.46. The summed E-state index contributed by atoms with van der Waals surface area (Å²) in [5, 5.41) is 1.31. The van der Waals surface area contributed by atoms with Crippen LogP contribution in [0.5, 0.6) is 0 Å². The number of hydrogen-bond donors (Lipinski definition) is 1. The molecular formula is C12H15N3. The molecule has 2 aromatic rings. The van der Waals surface area contributed by atoms with Crippen LogP contribution in [-0.2, 0) is 13.1 Å². The summed E-state index contributed by atoms with van der Waals surface area (Å²) < 4.78 is 2.33. The highest BCUT2D eigenvalue weighted by Crippen LogP contribution is 2.32. The largest absolute Gasteiger partial charge is 0.371 e. The van der Waals surface area contributed by atoms with Gasteiger partial charge in [0.25, 0.3) is 0 Å². The SMILES string of the molecule is CN1CCn2cc(CN)c3cccc1c32. The van der Waals surface area contributed by atoms with E-state index in [1.807, 2.05) is 0 Å². The molecular weight excluding hydrogens is 186 g/mol. The molecule has 2 heterocycles. The summed E-state index contributed by atoms with van der Waals surface area (Å²) >= 11 is 0. The van der Waals surface area contributed by atoms with Gasteiger partial charge in [-0.15, -0.1) is 0 Å². The van der Waals surface area contributed by atoms with Gasteiger partial charge in [0.15, 0.2) is 0 Å². The number of hydrogen-bond acceptors (Lipinski definition) is 2. The number of para-hydroxylation sites is 1. The lowest BCUT2D eigenvalue weighted by molar-refractivity contribution is 0.683. The fourth-order valence-corrected chi connectivity index (χ4v) is 2.44. The van der Waals surface area contributed by atoms with Crippen LogP contribution in [0.4, 0.5) is 5.69 Å². The van der Waals surface area contributed by atoms with E-state index in [4.69, 9.17) is 5.73 Å². The van der Waals surface area contributed by atoms with Gasteiger partial charge in [-0.3, -0.25) is 0 Å². The van der Waals surface area contributed by atoms with E-state index in [0.29, 0.717) is 6.54 Å². The number of likely N-dealkylation sites (N-methyl/N-ethyl adjacent to an activating group) is 1. The van der Waals surface area contributed by atoms with Crippen LogP contribution >= 0.6 is 0 Å². The van der Waals surface area contributed by atoms with Crippen LogP contribution in [0.25, 0.3) is 10.9 Å². The topological polar surface area (TPSA) is 34.2 Å². The number of rotatable bonds is 1. The summed E-state index contributed by atoms with van der Waals surface area (Å²) in [6.45, 7) is 2.76. The van der Waals surface area contributed by atoms with Gasteiger partial charge in [-0.05, 0) is 11.6 Å². The van der Waals surface area contributed by atoms with Crippen molar-refractivity contribution in [2.24, 2.45) is 5.73 Å². The lowest BCUT2D eigenvalue weighted by Gasteiger charge is -2.26. The first-order chi connectivity index (χ1) is 7.31. The summed E-state index contributed by atoms with van der Waals surface area (Å²) in [7, 11) is 2.15. The zero-order valence-electron chi connectivity index (χ0n) is 8.90. The molecule has 0 bridgehead atoms. The molecule has 1 aliphatic rings. The highest BCUT2D eigenvalue weighted by atomic mass is 15.2. The van der Waals surface area contributed by atoms with Gasteiger partial charge in [-0.25, -0.2) is 0 Å². The molecule has 0 amide bonds. The van der Waals surface area contributed by atoms with Crippen LogP contribution in [0.15, 0.2) is 24.4 Å². The second-order valence-electron chi connectivity index (χ2n) is 4.15. The summed E-state index contributed by atoms with van der Waals surface area (Å²) in [5.41, 5.74) is 9.67. The highest BCUT2D eigenvalue weighted by Gasteiger charge is 2.17. The molecule has 2 N–H and O–H groups in total. The van der Waals surface area contributed by atoms with Crippen LogP contribution in [0, 0.1) is 0 Å². The average molecular weight is 201 g/mol. The van der Waals surface area contributed by atoms with Gasteiger partial charge < -0.3 is 15.2 Å². The molecule has 78 valence electrons. The normalized spacial score (nSPS) is 14.9. The Morgan fingerprint density at radius 3 is 3.00 bits per heavy atom. The third-order valence-corrected chi connectivity index (χ3v) is 3.27. The smallest absolute Gasteiger partial charge is 0.0721 e. The third-order valence-electron chi connectivity index (χ3n) is 3.27. The lowest BCUT2D eigenvalue weighted by Crippen LogP contribution is -2.26. The van der Waals surface area contributed by atoms with Gasteiger partial charge in [0.05, 0.1) is 11.2 Å². The Balaban J connectivity index is 2.40. The Labute approximate surface area is 89.1 Å². The van der Waals surface area contributed by atoms with Crippen molar-refractivity contribution in [2.75, 3.05) is 18.5 Å². The zero-order valence-corrected chi connectivity index (χ0v) is 8.90. The van der Waals surface area contributed by atoms with Crippen molar-refractivity contribution in [1.29, 1.82) is 0 Å². The molecule has 1 aromatic heterocycles. The van der Waals surface area contributed by atoms with Crippen molar-refractivity contribution in [3.8, 4) is 0 Å². The molecule has 0 aliphatic carbocycles. The average Bonchev–Trinajstić information content (AvgIpc) is 2.64.